The highest BCUT2D eigenvalue weighted by Gasteiger charge is 2.11. The lowest BCUT2D eigenvalue weighted by Gasteiger charge is -2.02. The van der Waals surface area contributed by atoms with Gasteiger partial charge in [0.1, 0.15) is 6.54 Å². The van der Waals surface area contributed by atoms with Crippen LogP contribution in [0.4, 0.5) is 5.95 Å². The molecular weight excluding hydrogens is 230 g/mol. The predicted molar refractivity (Wildman–Crippen MR) is 67.0 cm³/mol. The summed E-state index contributed by atoms with van der Waals surface area (Å²) in [6, 6.07) is 6.01. The molecule has 2 heterocycles. The Kier molecular flexibility index (Phi) is 2.29. The molecule has 0 saturated carbocycles. The van der Waals surface area contributed by atoms with Crippen LogP contribution in [0.5, 0.6) is 0 Å². The molecule has 3 rings (SSSR count). The summed E-state index contributed by atoms with van der Waals surface area (Å²) < 4.78 is 6.98. The van der Waals surface area contributed by atoms with E-state index in [0.717, 1.165) is 16.6 Å². The molecule has 6 nitrogen and oxygen atoms in total. The van der Waals surface area contributed by atoms with Crippen molar-refractivity contribution in [2.45, 2.75) is 20.4 Å². The van der Waals surface area contributed by atoms with Crippen molar-refractivity contribution in [2.24, 2.45) is 0 Å². The summed E-state index contributed by atoms with van der Waals surface area (Å²) in [5.41, 5.74) is 8.92. The summed E-state index contributed by atoms with van der Waals surface area (Å²) in [4.78, 5) is 8.48. The van der Waals surface area contributed by atoms with Crippen molar-refractivity contribution >= 4 is 17.0 Å². The Hall–Kier alpha value is -2.37. The molecule has 18 heavy (non-hydrogen) atoms. The van der Waals surface area contributed by atoms with Crippen LogP contribution in [-0.2, 0) is 6.54 Å². The first-order valence-corrected chi connectivity index (χ1v) is 5.65. The second-order valence-corrected chi connectivity index (χ2v) is 4.28. The average molecular weight is 243 g/mol. The van der Waals surface area contributed by atoms with Crippen LogP contribution in [0.25, 0.3) is 11.0 Å². The number of nitrogens with two attached hydrogens (primary N) is 1. The van der Waals surface area contributed by atoms with Crippen LogP contribution in [0.2, 0.25) is 0 Å². The molecule has 2 aromatic heterocycles. The van der Waals surface area contributed by atoms with Crippen LogP contribution in [0.15, 0.2) is 22.7 Å². The number of nitrogen functional groups attached to an aromatic ring is 1. The zero-order chi connectivity index (χ0) is 12.7. The molecule has 2 N–H and O–H groups in total. The van der Waals surface area contributed by atoms with Gasteiger partial charge in [-0.3, -0.25) is 0 Å². The summed E-state index contributed by atoms with van der Waals surface area (Å²) in [5, 5.41) is 3.76. The number of aromatic nitrogens is 4. The molecule has 0 aliphatic heterocycles. The summed E-state index contributed by atoms with van der Waals surface area (Å²) >= 11 is 0. The molecule has 0 aliphatic rings. The molecule has 0 aliphatic carbocycles. The van der Waals surface area contributed by atoms with Crippen molar-refractivity contribution in [2.75, 3.05) is 5.73 Å². The van der Waals surface area contributed by atoms with Gasteiger partial charge in [-0.1, -0.05) is 11.2 Å². The fraction of sp³-hybridized carbons (Fsp3) is 0.250. The maximum atomic E-state index is 5.92. The van der Waals surface area contributed by atoms with Crippen molar-refractivity contribution in [3.8, 4) is 0 Å². The maximum Gasteiger partial charge on any atom is 0.246 e. The van der Waals surface area contributed by atoms with Crippen LogP contribution in [0.1, 0.15) is 17.3 Å². The third-order valence-corrected chi connectivity index (χ3v) is 2.80. The normalized spacial score (nSPS) is 11.2. The monoisotopic (exact) mass is 243 g/mol. The van der Waals surface area contributed by atoms with Gasteiger partial charge in [0, 0.05) is 0 Å². The van der Waals surface area contributed by atoms with Gasteiger partial charge >= 0.3 is 0 Å². The number of nitrogens with zero attached hydrogens (tertiary/aromatic N) is 4. The number of anilines is 1. The summed E-state index contributed by atoms with van der Waals surface area (Å²) in [7, 11) is 0. The van der Waals surface area contributed by atoms with Crippen LogP contribution < -0.4 is 5.73 Å². The minimum atomic E-state index is 0.437. The van der Waals surface area contributed by atoms with E-state index in [1.165, 1.54) is 0 Å². The zero-order valence-electron chi connectivity index (χ0n) is 10.2. The predicted octanol–water partition coefficient (Wildman–Crippen LogP) is 1.67. The Balaban J connectivity index is 2.10. The Morgan fingerprint density at radius 3 is 2.83 bits per heavy atom. The number of fused-ring (bicyclic) bond motifs is 1. The van der Waals surface area contributed by atoms with Crippen molar-refractivity contribution in [1.29, 1.82) is 0 Å². The van der Waals surface area contributed by atoms with E-state index in [-0.39, 0.29) is 0 Å². The Labute approximate surface area is 103 Å². The highest BCUT2D eigenvalue weighted by atomic mass is 16.5. The van der Waals surface area contributed by atoms with Crippen LogP contribution in [0.3, 0.4) is 0 Å². The fourth-order valence-corrected chi connectivity index (χ4v) is 1.96. The van der Waals surface area contributed by atoms with E-state index >= 15 is 0 Å². The molecular formula is C12H13N5O. The first-order valence-electron chi connectivity index (χ1n) is 5.65. The summed E-state index contributed by atoms with van der Waals surface area (Å²) in [6.07, 6.45) is 0. The smallest absolute Gasteiger partial charge is 0.246 e. The highest BCUT2D eigenvalue weighted by Crippen LogP contribution is 2.20. The standard InChI is InChI=1S/C12H13N5O/c1-7-3-4-9-10(5-7)17(12(13)15-9)6-11-14-8(2)16-18-11/h3-5H,6H2,1-2H3,(H2,13,15). The topological polar surface area (TPSA) is 82.8 Å². The minimum Gasteiger partial charge on any atom is -0.369 e. The van der Waals surface area contributed by atoms with Gasteiger partial charge in [-0.2, -0.15) is 4.98 Å². The Bertz CT molecular complexity index is 712. The van der Waals surface area contributed by atoms with E-state index in [1.54, 1.807) is 6.92 Å². The molecule has 0 amide bonds. The molecule has 92 valence electrons. The minimum absolute atomic E-state index is 0.437. The lowest BCUT2D eigenvalue weighted by atomic mass is 10.2. The molecule has 0 radical (unpaired) electrons. The second-order valence-electron chi connectivity index (χ2n) is 4.28. The largest absolute Gasteiger partial charge is 0.369 e. The molecule has 3 aromatic rings. The number of hydrogen-bond donors (Lipinski definition) is 1. The van der Waals surface area contributed by atoms with Crippen LogP contribution >= 0.6 is 0 Å². The first-order chi connectivity index (χ1) is 8.63. The van der Waals surface area contributed by atoms with E-state index in [0.29, 0.717) is 24.2 Å². The van der Waals surface area contributed by atoms with Gasteiger partial charge < -0.3 is 14.8 Å². The third kappa shape index (κ3) is 1.71. The SMILES string of the molecule is Cc1ccc2nc(N)n(Cc3nc(C)no3)c2c1. The van der Waals surface area contributed by atoms with E-state index in [1.807, 2.05) is 29.7 Å². The van der Waals surface area contributed by atoms with Gasteiger partial charge in [-0.25, -0.2) is 4.98 Å². The summed E-state index contributed by atoms with van der Waals surface area (Å²) in [6.45, 7) is 4.25. The average Bonchev–Trinajstić information content (AvgIpc) is 2.86. The van der Waals surface area contributed by atoms with Crippen molar-refractivity contribution in [1.82, 2.24) is 19.7 Å². The summed E-state index contributed by atoms with van der Waals surface area (Å²) in [5.74, 6) is 1.59. The highest BCUT2D eigenvalue weighted by molar-refractivity contribution is 5.79. The van der Waals surface area contributed by atoms with Crippen LogP contribution in [0, 0.1) is 13.8 Å². The van der Waals surface area contributed by atoms with Gasteiger partial charge in [-0.15, -0.1) is 0 Å². The van der Waals surface area contributed by atoms with E-state index in [2.05, 4.69) is 15.1 Å². The van der Waals surface area contributed by atoms with Gasteiger partial charge in [-0.05, 0) is 31.5 Å². The molecule has 0 spiro atoms. The number of imidazole rings is 1. The fourth-order valence-electron chi connectivity index (χ4n) is 1.96. The molecule has 1 aromatic carbocycles. The quantitative estimate of drug-likeness (QED) is 0.740. The van der Waals surface area contributed by atoms with E-state index < -0.39 is 0 Å². The van der Waals surface area contributed by atoms with Gasteiger partial charge in [0.15, 0.2) is 5.82 Å². The molecule has 0 unspecified atom stereocenters. The van der Waals surface area contributed by atoms with Gasteiger partial charge in [0.25, 0.3) is 0 Å². The lowest BCUT2D eigenvalue weighted by molar-refractivity contribution is 0.369. The first kappa shape index (κ1) is 10.8. The van der Waals surface area contributed by atoms with Crippen molar-refractivity contribution in [3.05, 3.63) is 35.5 Å². The lowest BCUT2D eigenvalue weighted by Crippen LogP contribution is -2.04. The number of hydrogen-bond acceptors (Lipinski definition) is 5. The Morgan fingerprint density at radius 2 is 2.11 bits per heavy atom. The zero-order valence-corrected chi connectivity index (χ0v) is 10.2. The van der Waals surface area contributed by atoms with Gasteiger partial charge in [0.2, 0.25) is 11.8 Å². The number of benzene rings is 1. The second kappa shape index (κ2) is 3.83. The molecule has 0 atom stereocenters. The number of aryl methyl sites for hydroxylation is 2. The third-order valence-electron chi connectivity index (χ3n) is 2.80. The van der Waals surface area contributed by atoms with Crippen molar-refractivity contribution in [3.63, 3.8) is 0 Å². The molecule has 6 heteroatoms. The Morgan fingerprint density at radius 1 is 1.28 bits per heavy atom. The van der Waals surface area contributed by atoms with Crippen molar-refractivity contribution < 1.29 is 4.52 Å². The molecule has 0 saturated heterocycles. The maximum absolute atomic E-state index is 5.92. The van der Waals surface area contributed by atoms with Gasteiger partial charge in [0.05, 0.1) is 11.0 Å². The van der Waals surface area contributed by atoms with E-state index in [9.17, 15) is 0 Å². The molecule has 0 bridgehead atoms. The molecule has 0 fully saturated rings. The number of rotatable bonds is 2. The van der Waals surface area contributed by atoms with E-state index in [4.69, 9.17) is 10.3 Å². The van der Waals surface area contributed by atoms with Crippen LogP contribution in [-0.4, -0.2) is 19.7 Å².